The van der Waals surface area contributed by atoms with E-state index < -0.39 is 0 Å². The predicted molar refractivity (Wildman–Crippen MR) is 70.1 cm³/mol. The van der Waals surface area contributed by atoms with E-state index in [9.17, 15) is 0 Å². The molecule has 0 bridgehead atoms. The highest BCUT2D eigenvalue weighted by molar-refractivity contribution is 9.10. The number of hydrogen-bond donors (Lipinski definition) is 1. The third-order valence-electron chi connectivity index (χ3n) is 2.40. The molecule has 82 valence electrons. The largest absolute Gasteiger partial charge is 0.307 e. The summed E-state index contributed by atoms with van der Waals surface area (Å²) in [6.45, 7) is 9.14. The van der Waals surface area contributed by atoms with Crippen LogP contribution in [0.4, 0.5) is 0 Å². The average molecular weight is 268 g/mol. The molecule has 0 heterocycles. The van der Waals surface area contributed by atoms with Crippen LogP contribution in [0, 0.1) is 6.92 Å². The van der Waals surface area contributed by atoms with Crippen molar-refractivity contribution in [2.24, 2.45) is 0 Å². The van der Waals surface area contributed by atoms with E-state index in [2.05, 4.69) is 59.9 Å². The lowest BCUT2D eigenvalue weighted by atomic mass is 10.1. The van der Waals surface area contributed by atoms with E-state index in [-0.39, 0.29) is 6.04 Å². The number of hydrogen-bond acceptors (Lipinski definition) is 1. The Balaban J connectivity index is 2.82. The Bertz CT molecular complexity index is 333. The van der Waals surface area contributed by atoms with Gasteiger partial charge < -0.3 is 5.32 Å². The highest BCUT2D eigenvalue weighted by atomic mass is 79.9. The number of nitrogens with one attached hydrogen (secondary N) is 1. The average Bonchev–Trinajstić information content (AvgIpc) is 2.24. The van der Waals surface area contributed by atoms with Gasteiger partial charge in [0.25, 0.3) is 0 Å². The molecule has 1 rings (SSSR count). The Hall–Kier alpha value is -0.600. The van der Waals surface area contributed by atoms with Gasteiger partial charge in [0.15, 0.2) is 0 Å². The lowest BCUT2D eigenvalue weighted by Gasteiger charge is -2.15. The van der Waals surface area contributed by atoms with E-state index in [1.165, 1.54) is 11.1 Å². The first kappa shape index (κ1) is 12.5. The van der Waals surface area contributed by atoms with Crippen molar-refractivity contribution in [2.75, 3.05) is 6.54 Å². The Morgan fingerprint density at radius 1 is 1.53 bits per heavy atom. The maximum absolute atomic E-state index is 3.86. The predicted octanol–water partition coefficient (Wildman–Crippen LogP) is 3.98. The Labute approximate surface area is 101 Å². The molecule has 1 N–H and O–H groups in total. The Morgan fingerprint density at radius 2 is 2.27 bits per heavy atom. The maximum atomic E-state index is 3.86. The van der Waals surface area contributed by atoms with Gasteiger partial charge in [0.05, 0.1) is 6.04 Å². The van der Waals surface area contributed by atoms with Crippen molar-refractivity contribution >= 4 is 15.9 Å². The Morgan fingerprint density at radius 3 is 2.80 bits per heavy atom. The summed E-state index contributed by atoms with van der Waals surface area (Å²) in [7, 11) is 0. The minimum atomic E-state index is 0.252. The van der Waals surface area contributed by atoms with Gasteiger partial charge in [0.2, 0.25) is 0 Å². The standard InChI is InChI=1S/C13H18BrN/c1-4-8-15-13(5-2)11-7-6-10(3)12(14)9-11/h5-7,9,13,15H,2,4,8H2,1,3H3. The molecule has 1 nitrogen and oxygen atoms in total. The van der Waals surface area contributed by atoms with Crippen LogP contribution in [0.5, 0.6) is 0 Å². The van der Waals surface area contributed by atoms with Gasteiger partial charge in [0, 0.05) is 4.47 Å². The third-order valence-corrected chi connectivity index (χ3v) is 3.26. The van der Waals surface area contributed by atoms with Gasteiger partial charge in [-0.3, -0.25) is 0 Å². The van der Waals surface area contributed by atoms with Crippen LogP contribution in [0.25, 0.3) is 0 Å². The second-order valence-electron chi connectivity index (χ2n) is 3.68. The van der Waals surface area contributed by atoms with E-state index in [4.69, 9.17) is 0 Å². The van der Waals surface area contributed by atoms with E-state index in [1.807, 2.05) is 6.08 Å². The van der Waals surface area contributed by atoms with Gasteiger partial charge in [-0.15, -0.1) is 6.58 Å². The van der Waals surface area contributed by atoms with Crippen LogP contribution in [0.1, 0.15) is 30.5 Å². The van der Waals surface area contributed by atoms with Crippen molar-refractivity contribution in [3.05, 3.63) is 46.5 Å². The summed E-state index contributed by atoms with van der Waals surface area (Å²) in [6, 6.07) is 6.69. The molecular weight excluding hydrogens is 250 g/mol. The van der Waals surface area contributed by atoms with E-state index in [1.54, 1.807) is 0 Å². The van der Waals surface area contributed by atoms with Gasteiger partial charge in [-0.2, -0.15) is 0 Å². The van der Waals surface area contributed by atoms with Crippen molar-refractivity contribution in [1.82, 2.24) is 5.32 Å². The van der Waals surface area contributed by atoms with Crippen LogP contribution in [-0.2, 0) is 0 Å². The van der Waals surface area contributed by atoms with Crippen molar-refractivity contribution in [2.45, 2.75) is 26.3 Å². The highest BCUT2D eigenvalue weighted by Crippen LogP contribution is 2.22. The first-order valence-electron chi connectivity index (χ1n) is 5.31. The second-order valence-corrected chi connectivity index (χ2v) is 4.53. The van der Waals surface area contributed by atoms with Crippen LogP contribution in [0.2, 0.25) is 0 Å². The van der Waals surface area contributed by atoms with Gasteiger partial charge in [-0.1, -0.05) is 41.1 Å². The third kappa shape index (κ3) is 3.47. The van der Waals surface area contributed by atoms with Crippen LogP contribution >= 0.6 is 15.9 Å². The molecule has 1 atom stereocenters. The molecule has 0 amide bonds. The molecule has 0 saturated heterocycles. The first-order valence-corrected chi connectivity index (χ1v) is 6.10. The molecule has 1 aromatic rings. The molecule has 0 radical (unpaired) electrons. The Kier molecular flexibility index (Phi) is 5.06. The smallest absolute Gasteiger partial charge is 0.0504 e. The van der Waals surface area contributed by atoms with E-state index >= 15 is 0 Å². The van der Waals surface area contributed by atoms with Gasteiger partial charge in [-0.25, -0.2) is 0 Å². The fourth-order valence-electron chi connectivity index (χ4n) is 1.44. The molecule has 0 spiro atoms. The van der Waals surface area contributed by atoms with Gasteiger partial charge in [-0.05, 0) is 37.1 Å². The monoisotopic (exact) mass is 267 g/mol. The lowest BCUT2D eigenvalue weighted by Crippen LogP contribution is -2.20. The fraction of sp³-hybridized carbons (Fsp3) is 0.385. The van der Waals surface area contributed by atoms with Crippen molar-refractivity contribution < 1.29 is 0 Å². The summed E-state index contributed by atoms with van der Waals surface area (Å²) in [5, 5.41) is 3.44. The molecule has 0 aliphatic rings. The molecule has 1 unspecified atom stereocenters. The molecule has 2 heteroatoms. The second kappa shape index (κ2) is 6.09. The molecular formula is C13H18BrN. The molecule has 1 aromatic carbocycles. The van der Waals surface area contributed by atoms with Gasteiger partial charge in [0.1, 0.15) is 0 Å². The SMILES string of the molecule is C=CC(NCCC)c1ccc(C)c(Br)c1. The number of halogens is 1. The normalized spacial score (nSPS) is 12.5. The summed E-state index contributed by atoms with van der Waals surface area (Å²) in [6.07, 6.45) is 3.09. The van der Waals surface area contributed by atoms with Crippen molar-refractivity contribution in [1.29, 1.82) is 0 Å². The molecule has 0 aromatic heterocycles. The number of rotatable bonds is 5. The fourth-order valence-corrected chi connectivity index (χ4v) is 1.84. The van der Waals surface area contributed by atoms with Crippen LogP contribution in [0.15, 0.2) is 35.3 Å². The lowest BCUT2D eigenvalue weighted by molar-refractivity contribution is 0.613. The van der Waals surface area contributed by atoms with E-state index in [0.29, 0.717) is 0 Å². The van der Waals surface area contributed by atoms with Crippen LogP contribution in [0.3, 0.4) is 0 Å². The summed E-state index contributed by atoms with van der Waals surface area (Å²) in [4.78, 5) is 0. The zero-order chi connectivity index (χ0) is 11.3. The van der Waals surface area contributed by atoms with E-state index in [0.717, 1.165) is 17.4 Å². The topological polar surface area (TPSA) is 12.0 Å². The number of aryl methyl sites for hydroxylation is 1. The van der Waals surface area contributed by atoms with Crippen LogP contribution < -0.4 is 5.32 Å². The quantitative estimate of drug-likeness (QED) is 0.796. The first-order chi connectivity index (χ1) is 7.19. The summed E-state index contributed by atoms with van der Waals surface area (Å²) < 4.78 is 1.16. The summed E-state index contributed by atoms with van der Waals surface area (Å²) >= 11 is 3.55. The molecule has 15 heavy (non-hydrogen) atoms. The summed E-state index contributed by atoms with van der Waals surface area (Å²) in [5.41, 5.74) is 2.52. The molecule has 0 aliphatic carbocycles. The molecule has 0 fully saturated rings. The van der Waals surface area contributed by atoms with Crippen molar-refractivity contribution in [3.8, 4) is 0 Å². The van der Waals surface area contributed by atoms with Crippen LogP contribution in [-0.4, -0.2) is 6.54 Å². The minimum Gasteiger partial charge on any atom is -0.307 e. The van der Waals surface area contributed by atoms with Crippen molar-refractivity contribution in [3.63, 3.8) is 0 Å². The number of benzene rings is 1. The zero-order valence-corrected chi connectivity index (χ0v) is 11.0. The molecule has 0 aliphatic heterocycles. The molecule has 0 saturated carbocycles. The minimum absolute atomic E-state index is 0.252. The highest BCUT2D eigenvalue weighted by Gasteiger charge is 2.06. The zero-order valence-electron chi connectivity index (χ0n) is 9.39. The summed E-state index contributed by atoms with van der Waals surface area (Å²) in [5.74, 6) is 0. The maximum Gasteiger partial charge on any atom is 0.0504 e. The van der Waals surface area contributed by atoms with Gasteiger partial charge >= 0.3 is 0 Å².